The van der Waals surface area contributed by atoms with Crippen molar-refractivity contribution in [1.29, 1.82) is 0 Å². The lowest BCUT2D eigenvalue weighted by atomic mass is 9.46. The Hall–Kier alpha value is -2.24. The molecule has 8 atom stereocenters. The molecule has 3 saturated carbocycles. The molecule has 0 spiro atoms. The van der Waals surface area contributed by atoms with Crippen molar-refractivity contribution in [3.8, 4) is 11.5 Å². The zero-order valence-electron chi connectivity index (χ0n) is 24.6. The summed E-state index contributed by atoms with van der Waals surface area (Å²) in [6, 6.07) is 6.18. The van der Waals surface area contributed by atoms with Crippen LogP contribution in [0.15, 0.2) is 18.2 Å². The fourth-order valence-electron chi connectivity index (χ4n) is 9.95. The van der Waals surface area contributed by atoms with Gasteiger partial charge in [0.25, 0.3) is 0 Å². The number of carbonyl (C=O) groups excluding carboxylic acids is 2. The highest BCUT2D eigenvalue weighted by Crippen LogP contribution is 2.67. The molecule has 5 rings (SSSR count). The van der Waals surface area contributed by atoms with Crippen LogP contribution in [0.5, 0.6) is 11.5 Å². The fourth-order valence-corrected chi connectivity index (χ4v) is 9.95. The molecule has 1 saturated heterocycles. The van der Waals surface area contributed by atoms with E-state index in [9.17, 15) is 9.59 Å². The van der Waals surface area contributed by atoms with Gasteiger partial charge in [0.15, 0.2) is 11.5 Å². The van der Waals surface area contributed by atoms with Gasteiger partial charge in [-0.25, -0.2) is 0 Å². The van der Waals surface area contributed by atoms with Gasteiger partial charge in [-0.15, -0.1) is 0 Å². The normalized spacial score (nSPS) is 37.1. The highest BCUT2D eigenvalue weighted by atomic mass is 16.5. The predicted octanol–water partition coefficient (Wildman–Crippen LogP) is 6.17. The number of hydrogen-bond donors (Lipinski definition) is 0. The van der Waals surface area contributed by atoms with Gasteiger partial charge in [-0.3, -0.25) is 9.59 Å². The van der Waals surface area contributed by atoms with Crippen LogP contribution in [0.4, 0.5) is 5.69 Å². The van der Waals surface area contributed by atoms with Crippen LogP contribution in [0.25, 0.3) is 0 Å². The summed E-state index contributed by atoms with van der Waals surface area (Å²) in [6.45, 7) is 9.82. The van der Waals surface area contributed by atoms with Gasteiger partial charge in [0, 0.05) is 44.7 Å². The van der Waals surface area contributed by atoms with E-state index in [2.05, 4.69) is 25.7 Å². The number of carbonyl (C=O) groups is 2. The van der Waals surface area contributed by atoms with Crippen LogP contribution in [0.2, 0.25) is 0 Å². The van der Waals surface area contributed by atoms with Gasteiger partial charge in [-0.1, -0.05) is 20.8 Å². The van der Waals surface area contributed by atoms with Gasteiger partial charge in [0.05, 0.1) is 14.2 Å². The molecule has 0 aromatic heterocycles. The summed E-state index contributed by atoms with van der Waals surface area (Å²) in [5.41, 5.74) is 1.45. The van der Waals surface area contributed by atoms with Crippen LogP contribution in [-0.4, -0.2) is 50.6 Å². The molecule has 2 amide bonds. The fraction of sp³-hybridized carbons (Fsp3) is 0.750. The summed E-state index contributed by atoms with van der Waals surface area (Å²) in [4.78, 5) is 29.4. The Balaban J connectivity index is 1.34. The van der Waals surface area contributed by atoms with Gasteiger partial charge in [-0.2, -0.15) is 0 Å². The molecule has 1 aromatic carbocycles. The summed E-state index contributed by atoms with van der Waals surface area (Å²) >= 11 is 0. The first-order chi connectivity index (χ1) is 18.0. The number of amides is 2. The molecule has 210 valence electrons. The second-order valence-corrected chi connectivity index (χ2v) is 13.4. The number of benzene rings is 1. The van der Waals surface area contributed by atoms with Crippen molar-refractivity contribution >= 4 is 17.5 Å². The van der Waals surface area contributed by atoms with E-state index in [0.29, 0.717) is 47.1 Å². The maximum atomic E-state index is 12.8. The molecule has 0 bridgehead atoms. The second kappa shape index (κ2) is 10.1. The molecule has 6 heteroatoms. The highest BCUT2D eigenvalue weighted by molar-refractivity contribution is 5.91. The van der Waals surface area contributed by atoms with E-state index in [4.69, 9.17) is 9.47 Å². The summed E-state index contributed by atoms with van der Waals surface area (Å²) in [6.07, 6.45) is 9.29. The Kier molecular flexibility index (Phi) is 7.23. The molecule has 6 nitrogen and oxygen atoms in total. The molecule has 38 heavy (non-hydrogen) atoms. The van der Waals surface area contributed by atoms with Crippen molar-refractivity contribution in [1.82, 2.24) is 4.90 Å². The van der Waals surface area contributed by atoms with E-state index in [-0.39, 0.29) is 11.3 Å². The summed E-state index contributed by atoms with van der Waals surface area (Å²) < 4.78 is 10.9. The van der Waals surface area contributed by atoms with E-state index in [0.717, 1.165) is 42.8 Å². The first-order valence-corrected chi connectivity index (χ1v) is 14.8. The molecule has 4 fully saturated rings. The molecule has 1 aromatic rings. The lowest BCUT2D eigenvalue weighted by molar-refractivity contribution is -0.158. The Bertz CT molecular complexity index is 1070. The number of piperidine rings is 1. The second-order valence-electron chi connectivity index (χ2n) is 13.4. The molecule has 3 aliphatic carbocycles. The number of fused-ring (bicyclic) bond motifs is 5. The number of ether oxygens (including phenoxy) is 2. The van der Waals surface area contributed by atoms with E-state index < -0.39 is 0 Å². The van der Waals surface area contributed by atoms with Gasteiger partial charge in [0.2, 0.25) is 11.8 Å². The summed E-state index contributed by atoms with van der Waals surface area (Å²) in [5.74, 6) is 4.98. The van der Waals surface area contributed by atoms with Gasteiger partial charge in [-0.05, 0) is 97.5 Å². The molecule has 4 aliphatic rings. The third-order valence-corrected chi connectivity index (χ3v) is 11.8. The van der Waals surface area contributed by atoms with Crippen molar-refractivity contribution in [2.75, 3.05) is 32.7 Å². The minimum atomic E-state index is 0.0645. The monoisotopic (exact) mass is 524 g/mol. The van der Waals surface area contributed by atoms with Crippen molar-refractivity contribution in [2.45, 2.75) is 85.1 Å². The van der Waals surface area contributed by atoms with E-state index in [1.165, 1.54) is 32.1 Å². The van der Waals surface area contributed by atoms with Gasteiger partial charge in [0.1, 0.15) is 0 Å². The predicted molar refractivity (Wildman–Crippen MR) is 150 cm³/mol. The largest absolute Gasteiger partial charge is 0.493 e. The van der Waals surface area contributed by atoms with Gasteiger partial charge >= 0.3 is 0 Å². The first-order valence-electron chi connectivity index (χ1n) is 14.8. The number of hydrogen-bond acceptors (Lipinski definition) is 4. The minimum absolute atomic E-state index is 0.0645. The van der Waals surface area contributed by atoms with Crippen LogP contribution in [0.1, 0.15) is 79.1 Å². The van der Waals surface area contributed by atoms with E-state index in [1.807, 2.05) is 30.1 Å². The number of rotatable bonds is 6. The lowest BCUT2D eigenvalue weighted by Gasteiger charge is -2.62. The van der Waals surface area contributed by atoms with Crippen LogP contribution in [0, 0.1) is 40.4 Å². The lowest BCUT2D eigenvalue weighted by Crippen LogP contribution is -2.61. The number of anilines is 1. The maximum absolute atomic E-state index is 12.8. The third-order valence-electron chi connectivity index (χ3n) is 11.8. The molecule has 1 heterocycles. The molecule has 1 aliphatic heterocycles. The van der Waals surface area contributed by atoms with Crippen molar-refractivity contribution in [3.05, 3.63) is 18.2 Å². The topological polar surface area (TPSA) is 59.1 Å². The average molecular weight is 525 g/mol. The maximum Gasteiger partial charge on any atom is 0.223 e. The van der Waals surface area contributed by atoms with Crippen LogP contribution in [-0.2, 0) is 9.59 Å². The first kappa shape index (κ1) is 27.3. The summed E-state index contributed by atoms with van der Waals surface area (Å²) in [5, 5.41) is 0. The molecular weight excluding hydrogens is 476 g/mol. The summed E-state index contributed by atoms with van der Waals surface area (Å²) in [7, 11) is 5.31. The molecule has 1 unspecified atom stereocenters. The Labute approximate surface area is 229 Å². The van der Waals surface area contributed by atoms with Crippen molar-refractivity contribution in [3.63, 3.8) is 0 Å². The Morgan fingerprint density at radius 2 is 1.74 bits per heavy atom. The highest BCUT2D eigenvalue weighted by Gasteiger charge is 2.61. The third kappa shape index (κ3) is 4.21. The van der Waals surface area contributed by atoms with Crippen molar-refractivity contribution in [2.24, 2.45) is 40.4 Å². The van der Waals surface area contributed by atoms with Crippen LogP contribution < -0.4 is 14.4 Å². The molecular formula is C32H48N2O4. The van der Waals surface area contributed by atoms with Gasteiger partial charge < -0.3 is 19.3 Å². The standard InChI is InChI=1S/C32H48N2O4/c1-20(19-34(21(2)35)22-8-12-27(37-6)28(18-22)38-7)24-10-11-25-23-9-13-29-32(4,17-15-30(36)33(29)5)26(23)14-16-31(24,25)3/h8,12,18,20,23-26,29H,9-11,13-17,19H2,1-7H3/t20?,23-,24+,25-,26-,29+,31+,32+/m0/s1. The smallest absolute Gasteiger partial charge is 0.223 e. The van der Waals surface area contributed by atoms with Crippen molar-refractivity contribution < 1.29 is 19.1 Å². The average Bonchev–Trinajstić information content (AvgIpc) is 3.26. The number of nitrogens with zero attached hydrogens (tertiary/aromatic N) is 2. The number of methoxy groups -OCH3 is 2. The molecule has 0 N–H and O–H groups in total. The van der Waals surface area contributed by atoms with Crippen LogP contribution in [0.3, 0.4) is 0 Å². The van der Waals surface area contributed by atoms with E-state index in [1.54, 1.807) is 21.1 Å². The zero-order chi connectivity index (χ0) is 27.4. The SMILES string of the molecule is COc1ccc(N(CC(C)[C@H]2CC[C@H]3[C@@H]4CC[C@H]5N(C)C(=O)CC[C@]5(C)[C@H]4CC[C@]23C)C(C)=O)cc1OC. The Morgan fingerprint density at radius 1 is 1.03 bits per heavy atom. The molecule has 0 radical (unpaired) electrons. The zero-order valence-corrected chi connectivity index (χ0v) is 24.6. The Morgan fingerprint density at radius 3 is 2.42 bits per heavy atom. The minimum Gasteiger partial charge on any atom is -0.493 e. The quantitative estimate of drug-likeness (QED) is 0.446. The van der Waals surface area contributed by atoms with Crippen LogP contribution >= 0.6 is 0 Å². The van der Waals surface area contributed by atoms with E-state index >= 15 is 0 Å². The number of likely N-dealkylation sites (tertiary alicyclic amines) is 1.